The molecule has 1 aromatic carbocycles. The van der Waals surface area contributed by atoms with Crippen molar-refractivity contribution in [3.63, 3.8) is 0 Å². The van der Waals surface area contributed by atoms with E-state index in [9.17, 15) is 4.79 Å². The van der Waals surface area contributed by atoms with Crippen molar-refractivity contribution in [2.24, 2.45) is 0 Å². The Morgan fingerprint density at radius 3 is 2.76 bits per heavy atom. The van der Waals surface area contributed by atoms with Gasteiger partial charge in [-0.05, 0) is 30.2 Å². The molecule has 0 atom stereocenters. The fourth-order valence-electron chi connectivity index (χ4n) is 2.45. The summed E-state index contributed by atoms with van der Waals surface area (Å²) in [5.41, 5.74) is 8.11. The number of methoxy groups -OCH3 is 1. The molecule has 0 radical (unpaired) electrons. The monoisotopic (exact) mass is 375 g/mol. The first kappa shape index (κ1) is 17.5. The lowest BCUT2D eigenvalue weighted by atomic mass is 10.1. The van der Waals surface area contributed by atoms with Crippen LogP contribution in [-0.4, -0.2) is 18.0 Å². The van der Waals surface area contributed by atoms with Crippen LogP contribution in [0.4, 0.5) is 11.4 Å². The standard InChI is InChI=1S/C18H18ClN3O2S/c1-9(2)12-7-5-11-15(20)16(25-18(11)22-12)17(23)21-13-6-4-10(19)8-14(13)24-3/h4-9H,20H2,1-3H3,(H,21,23). The Kier molecular flexibility index (Phi) is 4.83. The molecule has 3 N–H and O–H groups in total. The molecule has 1 amide bonds. The Balaban J connectivity index is 1.96. The summed E-state index contributed by atoms with van der Waals surface area (Å²) in [6.07, 6.45) is 0. The Labute approximate surface area is 154 Å². The number of rotatable bonds is 4. The molecular formula is C18H18ClN3O2S. The number of nitrogens with zero attached hydrogens (tertiary/aromatic N) is 1. The molecule has 0 spiro atoms. The third-order valence-corrected chi connectivity index (χ3v) is 5.17. The summed E-state index contributed by atoms with van der Waals surface area (Å²) >= 11 is 7.23. The predicted octanol–water partition coefficient (Wildman–Crippen LogP) is 4.92. The summed E-state index contributed by atoms with van der Waals surface area (Å²) in [4.78, 5) is 18.5. The number of thiophene rings is 1. The van der Waals surface area contributed by atoms with E-state index in [2.05, 4.69) is 24.1 Å². The maximum absolute atomic E-state index is 12.7. The number of carbonyl (C=O) groups is 1. The van der Waals surface area contributed by atoms with Crippen LogP contribution in [0, 0.1) is 0 Å². The molecule has 3 aromatic rings. The number of carbonyl (C=O) groups excluding carboxylic acids is 1. The Morgan fingerprint density at radius 1 is 1.32 bits per heavy atom. The Bertz CT molecular complexity index is 953. The van der Waals surface area contributed by atoms with Crippen LogP contribution in [0.5, 0.6) is 5.75 Å². The number of pyridine rings is 1. The number of ether oxygens (including phenoxy) is 1. The molecule has 0 aliphatic heterocycles. The van der Waals surface area contributed by atoms with Gasteiger partial charge in [-0.2, -0.15) is 0 Å². The van der Waals surface area contributed by atoms with Crippen LogP contribution in [0.25, 0.3) is 10.2 Å². The summed E-state index contributed by atoms with van der Waals surface area (Å²) in [5.74, 6) is 0.497. The molecule has 3 rings (SSSR count). The highest BCUT2D eigenvalue weighted by molar-refractivity contribution is 7.21. The third kappa shape index (κ3) is 3.41. The highest BCUT2D eigenvalue weighted by Gasteiger charge is 2.19. The number of nitrogen functional groups attached to an aromatic ring is 1. The molecule has 5 nitrogen and oxygen atoms in total. The lowest BCUT2D eigenvalue weighted by Crippen LogP contribution is -2.12. The average Bonchev–Trinajstić information content (AvgIpc) is 2.92. The molecule has 0 saturated carbocycles. The zero-order valence-corrected chi connectivity index (χ0v) is 15.7. The van der Waals surface area contributed by atoms with Crippen LogP contribution in [-0.2, 0) is 0 Å². The van der Waals surface area contributed by atoms with Crippen LogP contribution in [0.2, 0.25) is 5.02 Å². The minimum Gasteiger partial charge on any atom is -0.495 e. The molecule has 2 heterocycles. The number of aromatic nitrogens is 1. The van der Waals surface area contributed by atoms with E-state index in [-0.39, 0.29) is 5.91 Å². The van der Waals surface area contributed by atoms with Crippen LogP contribution in [0.15, 0.2) is 30.3 Å². The van der Waals surface area contributed by atoms with E-state index < -0.39 is 0 Å². The lowest BCUT2D eigenvalue weighted by molar-refractivity contribution is 0.103. The Hall–Kier alpha value is -2.31. The van der Waals surface area contributed by atoms with E-state index in [1.54, 1.807) is 18.2 Å². The van der Waals surface area contributed by atoms with Gasteiger partial charge < -0.3 is 15.8 Å². The Morgan fingerprint density at radius 2 is 2.08 bits per heavy atom. The molecule has 130 valence electrons. The molecule has 2 aromatic heterocycles. The van der Waals surface area contributed by atoms with Gasteiger partial charge in [-0.25, -0.2) is 4.98 Å². The van der Waals surface area contributed by atoms with Crippen molar-refractivity contribution in [2.75, 3.05) is 18.2 Å². The molecular weight excluding hydrogens is 358 g/mol. The number of anilines is 2. The van der Waals surface area contributed by atoms with Crippen LogP contribution in [0.1, 0.15) is 35.1 Å². The molecule has 0 aliphatic carbocycles. The van der Waals surface area contributed by atoms with E-state index in [4.69, 9.17) is 22.1 Å². The first-order valence-corrected chi connectivity index (χ1v) is 8.94. The van der Waals surface area contributed by atoms with E-state index in [0.717, 1.165) is 15.9 Å². The molecule has 0 bridgehead atoms. The summed E-state index contributed by atoms with van der Waals surface area (Å²) in [7, 11) is 1.52. The largest absolute Gasteiger partial charge is 0.495 e. The van der Waals surface area contributed by atoms with Gasteiger partial charge in [-0.1, -0.05) is 25.4 Å². The first-order chi connectivity index (χ1) is 11.9. The van der Waals surface area contributed by atoms with E-state index >= 15 is 0 Å². The van der Waals surface area contributed by atoms with Gasteiger partial charge in [-0.15, -0.1) is 11.3 Å². The van der Waals surface area contributed by atoms with Gasteiger partial charge in [0.1, 0.15) is 15.5 Å². The number of benzene rings is 1. The topological polar surface area (TPSA) is 77.2 Å². The van der Waals surface area contributed by atoms with Gasteiger partial charge in [0.25, 0.3) is 5.91 Å². The molecule has 0 fully saturated rings. The summed E-state index contributed by atoms with van der Waals surface area (Å²) < 4.78 is 5.25. The maximum atomic E-state index is 12.7. The third-order valence-electron chi connectivity index (χ3n) is 3.82. The predicted molar refractivity (Wildman–Crippen MR) is 104 cm³/mol. The number of halogens is 1. The fraction of sp³-hybridized carbons (Fsp3) is 0.222. The zero-order valence-electron chi connectivity index (χ0n) is 14.1. The van der Waals surface area contributed by atoms with Crippen LogP contribution >= 0.6 is 22.9 Å². The second-order valence-electron chi connectivity index (χ2n) is 5.89. The summed E-state index contributed by atoms with van der Waals surface area (Å²) in [5, 5.41) is 4.15. The number of amides is 1. The summed E-state index contributed by atoms with van der Waals surface area (Å²) in [6.45, 7) is 4.15. The number of nitrogens with one attached hydrogen (secondary N) is 1. The number of hydrogen-bond donors (Lipinski definition) is 2. The van der Waals surface area contributed by atoms with Gasteiger partial charge >= 0.3 is 0 Å². The van der Waals surface area contributed by atoms with Crippen LogP contribution < -0.4 is 15.8 Å². The summed E-state index contributed by atoms with van der Waals surface area (Å²) in [6, 6.07) is 8.88. The maximum Gasteiger partial charge on any atom is 0.268 e. The van der Waals surface area contributed by atoms with Gasteiger partial charge in [-0.3, -0.25) is 4.79 Å². The second kappa shape index (κ2) is 6.90. The van der Waals surface area contributed by atoms with Gasteiger partial charge in [0.15, 0.2) is 0 Å². The molecule has 0 unspecified atom stereocenters. The van der Waals surface area contributed by atoms with E-state index in [1.807, 2.05) is 12.1 Å². The van der Waals surface area contributed by atoms with Crippen molar-refractivity contribution >= 4 is 50.4 Å². The van der Waals surface area contributed by atoms with Crippen molar-refractivity contribution in [3.05, 3.63) is 45.9 Å². The van der Waals surface area contributed by atoms with Crippen molar-refractivity contribution < 1.29 is 9.53 Å². The molecule has 7 heteroatoms. The quantitative estimate of drug-likeness (QED) is 0.678. The first-order valence-electron chi connectivity index (χ1n) is 7.74. The molecule has 25 heavy (non-hydrogen) atoms. The minimum atomic E-state index is -0.299. The zero-order chi connectivity index (χ0) is 18.1. The number of fused-ring (bicyclic) bond motifs is 1. The second-order valence-corrected chi connectivity index (χ2v) is 7.32. The van der Waals surface area contributed by atoms with Crippen LogP contribution in [0.3, 0.4) is 0 Å². The van der Waals surface area contributed by atoms with Crippen molar-refractivity contribution in [1.29, 1.82) is 0 Å². The van der Waals surface area contributed by atoms with Gasteiger partial charge in [0.05, 0.1) is 18.5 Å². The average molecular weight is 376 g/mol. The molecule has 0 saturated heterocycles. The number of hydrogen-bond acceptors (Lipinski definition) is 5. The van der Waals surface area contributed by atoms with E-state index in [1.165, 1.54) is 18.4 Å². The lowest BCUT2D eigenvalue weighted by Gasteiger charge is -2.10. The van der Waals surface area contributed by atoms with Crippen molar-refractivity contribution in [2.45, 2.75) is 19.8 Å². The van der Waals surface area contributed by atoms with Gasteiger partial charge in [0, 0.05) is 22.2 Å². The minimum absolute atomic E-state index is 0.299. The van der Waals surface area contributed by atoms with Gasteiger partial charge in [0.2, 0.25) is 0 Å². The normalized spacial score (nSPS) is 11.1. The fourth-order valence-corrected chi connectivity index (χ4v) is 3.61. The smallest absolute Gasteiger partial charge is 0.268 e. The number of nitrogens with two attached hydrogens (primary N) is 1. The van der Waals surface area contributed by atoms with Crippen molar-refractivity contribution in [1.82, 2.24) is 4.98 Å². The highest BCUT2D eigenvalue weighted by Crippen LogP contribution is 2.35. The van der Waals surface area contributed by atoms with Crippen molar-refractivity contribution in [3.8, 4) is 5.75 Å². The van der Waals surface area contributed by atoms with E-state index in [0.29, 0.717) is 32.9 Å². The molecule has 0 aliphatic rings. The SMILES string of the molecule is COc1cc(Cl)ccc1NC(=O)c1sc2nc(C(C)C)ccc2c1N. The highest BCUT2D eigenvalue weighted by atomic mass is 35.5.